The van der Waals surface area contributed by atoms with Gasteiger partial charge in [0.1, 0.15) is 0 Å². The number of rotatable bonds is 6. The number of aryl methyl sites for hydroxylation is 2. The van der Waals surface area contributed by atoms with Crippen LogP contribution in [0, 0.1) is 12.8 Å². The molecule has 0 spiro atoms. The Morgan fingerprint density at radius 2 is 2.00 bits per heavy atom. The van der Waals surface area contributed by atoms with Gasteiger partial charge in [0.15, 0.2) is 0 Å². The second kappa shape index (κ2) is 7.55. The minimum atomic E-state index is 0.683. The van der Waals surface area contributed by atoms with Crippen molar-refractivity contribution in [3.8, 4) is 0 Å². The molecule has 0 aliphatic heterocycles. The van der Waals surface area contributed by atoms with E-state index < -0.39 is 0 Å². The first-order chi connectivity index (χ1) is 9.19. The summed E-state index contributed by atoms with van der Waals surface area (Å²) in [5.74, 6) is 0.683. The van der Waals surface area contributed by atoms with E-state index in [1.807, 2.05) is 5.51 Å². The Balaban J connectivity index is 1.90. The monoisotopic (exact) mass is 401 g/mol. The van der Waals surface area contributed by atoms with Gasteiger partial charge in [0.2, 0.25) is 0 Å². The molecule has 1 aromatic heterocycles. The first-order valence-corrected chi connectivity index (χ1v) is 9.18. The van der Waals surface area contributed by atoms with Gasteiger partial charge in [0, 0.05) is 14.7 Å². The van der Waals surface area contributed by atoms with Gasteiger partial charge in [-0.3, -0.25) is 0 Å². The van der Waals surface area contributed by atoms with Crippen LogP contribution in [-0.2, 0) is 12.8 Å². The predicted molar refractivity (Wildman–Crippen MR) is 90.3 cm³/mol. The molecule has 0 saturated carbocycles. The summed E-state index contributed by atoms with van der Waals surface area (Å²) in [6.45, 7) is 2.10. The summed E-state index contributed by atoms with van der Waals surface area (Å²) in [7, 11) is 0. The molecule has 0 aliphatic rings. The van der Waals surface area contributed by atoms with Crippen LogP contribution < -0.4 is 0 Å². The number of aromatic nitrogens is 1. The zero-order valence-corrected chi connectivity index (χ0v) is 14.9. The molecule has 1 heterocycles. The van der Waals surface area contributed by atoms with E-state index in [2.05, 4.69) is 68.0 Å². The quantitative estimate of drug-likeness (QED) is 0.589. The second-order valence-corrected chi connectivity index (χ2v) is 7.25. The minimum absolute atomic E-state index is 0.683. The summed E-state index contributed by atoms with van der Waals surface area (Å²) in [6, 6.07) is 8.65. The average molecular weight is 403 g/mol. The van der Waals surface area contributed by atoms with E-state index in [1.165, 1.54) is 22.6 Å². The highest BCUT2D eigenvalue weighted by atomic mass is 79.9. The summed E-state index contributed by atoms with van der Waals surface area (Å²) >= 11 is 8.91. The van der Waals surface area contributed by atoms with Crippen molar-refractivity contribution in [2.45, 2.75) is 26.2 Å². The SMILES string of the molecule is Cc1ncsc1CCC(CBr)Cc1ccc(Br)cc1. The topological polar surface area (TPSA) is 12.9 Å². The molecule has 102 valence electrons. The van der Waals surface area contributed by atoms with E-state index in [0.29, 0.717) is 5.92 Å². The second-order valence-electron chi connectivity index (χ2n) is 4.75. The third kappa shape index (κ3) is 4.69. The molecule has 2 rings (SSSR count). The molecular weight excluding hydrogens is 386 g/mol. The molecule has 4 heteroatoms. The standard InChI is InChI=1S/C15H17Br2NS/c1-11-15(19-10-18-11)7-4-13(9-16)8-12-2-5-14(17)6-3-12/h2-3,5-6,10,13H,4,7-9H2,1H3. The zero-order chi connectivity index (χ0) is 13.7. The first-order valence-electron chi connectivity index (χ1n) is 6.38. The van der Waals surface area contributed by atoms with Crippen LogP contribution in [0.1, 0.15) is 22.6 Å². The molecule has 1 aromatic carbocycles. The number of alkyl halides is 1. The fourth-order valence-electron chi connectivity index (χ4n) is 2.09. The maximum atomic E-state index is 4.32. The Hall–Kier alpha value is -0.190. The molecule has 0 fully saturated rings. The highest BCUT2D eigenvalue weighted by Crippen LogP contribution is 2.22. The highest BCUT2D eigenvalue weighted by Gasteiger charge is 2.10. The van der Waals surface area contributed by atoms with E-state index >= 15 is 0 Å². The van der Waals surface area contributed by atoms with Gasteiger partial charge in [0.05, 0.1) is 11.2 Å². The summed E-state index contributed by atoms with van der Waals surface area (Å²) in [5.41, 5.74) is 4.55. The Labute approximate surface area is 135 Å². The Morgan fingerprint density at radius 3 is 2.58 bits per heavy atom. The van der Waals surface area contributed by atoms with Gasteiger partial charge in [-0.15, -0.1) is 11.3 Å². The van der Waals surface area contributed by atoms with E-state index in [-0.39, 0.29) is 0 Å². The van der Waals surface area contributed by atoms with E-state index in [4.69, 9.17) is 0 Å². The van der Waals surface area contributed by atoms with Crippen LogP contribution in [0.15, 0.2) is 34.2 Å². The van der Waals surface area contributed by atoms with Crippen LogP contribution >= 0.6 is 43.2 Å². The lowest BCUT2D eigenvalue weighted by Gasteiger charge is -2.13. The van der Waals surface area contributed by atoms with Gasteiger partial charge in [-0.2, -0.15) is 0 Å². The van der Waals surface area contributed by atoms with E-state index in [0.717, 1.165) is 22.6 Å². The third-order valence-corrected chi connectivity index (χ3v) is 5.72. The van der Waals surface area contributed by atoms with E-state index in [9.17, 15) is 0 Å². The molecule has 1 unspecified atom stereocenters. The Bertz CT molecular complexity index is 507. The average Bonchev–Trinajstić information content (AvgIpc) is 2.82. The number of halogens is 2. The van der Waals surface area contributed by atoms with Crippen molar-refractivity contribution in [1.29, 1.82) is 0 Å². The van der Waals surface area contributed by atoms with Crippen molar-refractivity contribution in [3.63, 3.8) is 0 Å². The van der Waals surface area contributed by atoms with Crippen LogP contribution in [0.2, 0.25) is 0 Å². The largest absolute Gasteiger partial charge is 0.250 e. The fraction of sp³-hybridized carbons (Fsp3) is 0.400. The summed E-state index contributed by atoms with van der Waals surface area (Å²) < 4.78 is 1.15. The molecular formula is C15H17Br2NS. The molecule has 0 aliphatic carbocycles. The van der Waals surface area contributed by atoms with Crippen LogP contribution in [0.3, 0.4) is 0 Å². The zero-order valence-electron chi connectivity index (χ0n) is 10.9. The van der Waals surface area contributed by atoms with Crippen molar-refractivity contribution in [2.75, 3.05) is 5.33 Å². The molecule has 0 radical (unpaired) electrons. The van der Waals surface area contributed by atoms with Crippen molar-refractivity contribution in [2.24, 2.45) is 5.92 Å². The first kappa shape index (κ1) is 15.2. The smallest absolute Gasteiger partial charge is 0.0797 e. The van der Waals surface area contributed by atoms with Crippen LogP contribution in [0.5, 0.6) is 0 Å². The van der Waals surface area contributed by atoms with Gasteiger partial charge in [-0.05, 0) is 49.8 Å². The summed E-state index contributed by atoms with van der Waals surface area (Å²) in [4.78, 5) is 5.75. The highest BCUT2D eigenvalue weighted by molar-refractivity contribution is 9.10. The van der Waals surface area contributed by atoms with Gasteiger partial charge in [-0.1, -0.05) is 44.0 Å². The van der Waals surface area contributed by atoms with Crippen LogP contribution in [0.4, 0.5) is 0 Å². The number of hydrogen-bond donors (Lipinski definition) is 0. The molecule has 0 N–H and O–H groups in total. The molecule has 1 nitrogen and oxygen atoms in total. The maximum absolute atomic E-state index is 4.32. The van der Waals surface area contributed by atoms with Crippen molar-refractivity contribution in [1.82, 2.24) is 4.98 Å². The van der Waals surface area contributed by atoms with Gasteiger partial charge in [-0.25, -0.2) is 4.98 Å². The number of nitrogens with zero attached hydrogens (tertiary/aromatic N) is 1. The number of thiazole rings is 1. The molecule has 0 saturated heterocycles. The molecule has 0 amide bonds. The van der Waals surface area contributed by atoms with Gasteiger partial charge in [0.25, 0.3) is 0 Å². The lowest BCUT2D eigenvalue weighted by Crippen LogP contribution is -2.07. The van der Waals surface area contributed by atoms with Crippen molar-refractivity contribution >= 4 is 43.2 Å². The molecule has 1 atom stereocenters. The van der Waals surface area contributed by atoms with Crippen molar-refractivity contribution < 1.29 is 0 Å². The van der Waals surface area contributed by atoms with Crippen LogP contribution in [-0.4, -0.2) is 10.3 Å². The Kier molecular flexibility index (Phi) is 6.05. The lowest BCUT2D eigenvalue weighted by atomic mass is 9.96. The normalized spacial score (nSPS) is 12.6. The predicted octanol–water partition coefficient (Wildman–Crippen LogP) is 5.40. The fourth-order valence-corrected chi connectivity index (χ4v) is 3.70. The van der Waals surface area contributed by atoms with Crippen molar-refractivity contribution in [3.05, 3.63) is 50.4 Å². The summed E-state index contributed by atoms with van der Waals surface area (Å²) in [5, 5.41) is 1.06. The maximum Gasteiger partial charge on any atom is 0.0797 e. The molecule has 2 aromatic rings. The molecule has 0 bridgehead atoms. The number of benzene rings is 1. The van der Waals surface area contributed by atoms with Gasteiger partial charge < -0.3 is 0 Å². The van der Waals surface area contributed by atoms with Crippen LogP contribution in [0.25, 0.3) is 0 Å². The third-order valence-electron chi connectivity index (χ3n) is 3.28. The molecule has 19 heavy (non-hydrogen) atoms. The van der Waals surface area contributed by atoms with E-state index in [1.54, 1.807) is 11.3 Å². The minimum Gasteiger partial charge on any atom is -0.250 e. The van der Waals surface area contributed by atoms with Gasteiger partial charge >= 0.3 is 0 Å². The summed E-state index contributed by atoms with van der Waals surface area (Å²) in [6.07, 6.45) is 3.49. The number of hydrogen-bond acceptors (Lipinski definition) is 2. The lowest BCUT2D eigenvalue weighted by molar-refractivity contribution is 0.544. The Morgan fingerprint density at radius 1 is 1.26 bits per heavy atom.